The summed E-state index contributed by atoms with van der Waals surface area (Å²) in [6, 6.07) is 3.27. The van der Waals surface area contributed by atoms with Gasteiger partial charge in [-0.25, -0.2) is 13.6 Å². The zero-order valence-corrected chi connectivity index (χ0v) is 18.2. The number of rotatable bonds is 4. The molecule has 2 aromatic carbocycles. The van der Waals surface area contributed by atoms with Gasteiger partial charge in [0.25, 0.3) is 0 Å². The first-order valence-corrected chi connectivity index (χ1v) is 10.5. The van der Waals surface area contributed by atoms with E-state index in [0.29, 0.717) is 26.2 Å². The summed E-state index contributed by atoms with van der Waals surface area (Å²) in [6.07, 6.45) is 1.07. The maximum Gasteiger partial charge on any atom is 0.341 e. The Morgan fingerprint density at radius 2 is 1.88 bits per heavy atom. The van der Waals surface area contributed by atoms with Crippen molar-refractivity contribution >= 4 is 44.2 Å². The molecule has 1 aliphatic rings. The van der Waals surface area contributed by atoms with Gasteiger partial charge < -0.3 is 30.7 Å². The summed E-state index contributed by atoms with van der Waals surface area (Å²) >= 11 is 3.41. The summed E-state index contributed by atoms with van der Waals surface area (Å²) < 4.78 is 30.8. The fraction of sp³-hybridized carbons (Fsp3) is 0.238. The van der Waals surface area contributed by atoms with Gasteiger partial charge >= 0.3 is 5.97 Å². The van der Waals surface area contributed by atoms with E-state index in [9.17, 15) is 24.2 Å². The molecule has 11 heteroatoms. The van der Waals surface area contributed by atoms with Crippen molar-refractivity contribution in [2.45, 2.75) is 6.61 Å². The molecule has 32 heavy (non-hydrogen) atoms. The fourth-order valence-electron chi connectivity index (χ4n) is 3.90. The van der Waals surface area contributed by atoms with Crippen molar-refractivity contribution in [2.75, 3.05) is 36.8 Å². The monoisotopic (exact) mass is 508 g/mol. The quantitative estimate of drug-likeness (QED) is 0.398. The first kappa shape index (κ1) is 22.2. The van der Waals surface area contributed by atoms with Crippen LogP contribution in [0.3, 0.4) is 0 Å². The van der Waals surface area contributed by atoms with Crippen molar-refractivity contribution < 1.29 is 23.8 Å². The van der Waals surface area contributed by atoms with Crippen LogP contribution in [0.2, 0.25) is 0 Å². The maximum atomic E-state index is 15.2. The van der Waals surface area contributed by atoms with Crippen LogP contribution in [0.4, 0.5) is 20.2 Å². The molecule has 2 heterocycles. The van der Waals surface area contributed by atoms with Gasteiger partial charge in [0.15, 0.2) is 0 Å². The van der Waals surface area contributed by atoms with Crippen molar-refractivity contribution in [1.82, 2.24) is 9.88 Å². The third-order valence-electron chi connectivity index (χ3n) is 5.45. The van der Waals surface area contributed by atoms with Crippen molar-refractivity contribution in [1.29, 1.82) is 0 Å². The number of hydrogen-bond acceptors (Lipinski definition) is 6. The number of halogens is 3. The average Bonchev–Trinajstić information content (AvgIpc) is 2.76. The molecule has 3 aromatic rings. The minimum absolute atomic E-state index is 0.109. The Morgan fingerprint density at radius 1 is 1.19 bits per heavy atom. The third kappa shape index (κ3) is 3.61. The number of aliphatic hydroxyl groups excluding tert-OH is 1. The van der Waals surface area contributed by atoms with Crippen LogP contribution >= 0.6 is 15.9 Å². The second-order valence-corrected chi connectivity index (χ2v) is 8.15. The number of carboxylic acid groups (broad SMARTS) is 1. The minimum Gasteiger partial charge on any atom is -0.477 e. The standard InChI is InChI=1S/C21H19BrF2N4O4/c22-17-18-11(6-14(24)19(17)27-3-1-26-2-4-27)20(30)12(21(31)32)8-28(18)16-7-15(25)13(23)5-10(16)9-29/h5-8,26,29H,1-4,9,25H2,(H,31,32). The van der Waals surface area contributed by atoms with Crippen LogP contribution in [-0.4, -0.2) is 46.9 Å². The van der Waals surface area contributed by atoms with Gasteiger partial charge in [-0.05, 0) is 34.1 Å². The van der Waals surface area contributed by atoms with Crippen molar-refractivity contribution in [2.24, 2.45) is 0 Å². The summed E-state index contributed by atoms with van der Waals surface area (Å²) in [6.45, 7) is 1.73. The summed E-state index contributed by atoms with van der Waals surface area (Å²) in [5.74, 6) is -2.94. The van der Waals surface area contributed by atoms with Gasteiger partial charge in [0.05, 0.1) is 39.0 Å². The van der Waals surface area contributed by atoms with Crippen LogP contribution in [0.1, 0.15) is 15.9 Å². The minimum atomic E-state index is -1.51. The second kappa shape index (κ2) is 8.49. The van der Waals surface area contributed by atoms with E-state index in [-0.39, 0.29) is 38.0 Å². The van der Waals surface area contributed by atoms with Crippen LogP contribution in [-0.2, 0) is 6.61 Å². The number of nitrogens with two attached hydrogens (primary N) is 1. The number of aromatic nitrogens is 1. The number of fused-ring (bicyclic) bond motifs is 1. The van der Waals surface area contributed by atoms with E-state index >= 15 is 4.39 Å². The lowest BCUT2D eigenvalue weighted by Gasteiger charge is -2.31. The molecule has 8 nitrogen and oxygen atoms in total. The predicted octanol–water partition coefficient (Wildman–Crippen LogP) is 2.21. The van der Waals surface area contributed by atoms with Gasteiger partial charge in [-0.15, -0.1) is 0 Å². The number of anilines is 2. The Balaban J connectivity index is 2.14. The number of piperazine rings is 1. The van der Waals surface area contributed by atoms with Crippen LogP contribution in [0.25, 0.3) is 16.6 Å². The van der Waals surface area contributed by atoms with E-state index in [4.69, 9.17) is 5.73 Å². The smallest absolute Gasteiger partial charge is 0.341 e. The Kier molecular flexibility index (Phi) is 5.89. The number of aliphatic hydroxyl groups is 1. The molecule has 0 radical (unpaired) electrons. The number of nitrogen functional groups attached to an aromatic ring is 1. The van der Waals surface area contributed by atoms with Crippen LogP contribution in [0.15, 0.2) is 33.7 Å². The predicted molar refractivity (Wildman–Crippen MR) is 120 cm³/mol. The summed E-state index contributed by atoms with van der Waals surface area (Å²) in [7, 11) is 0. The average molecular weight is 509 g/mol. The van der Waals surface area contributed by atoms with Gasteiger partial charge in [0, 0.05) is 37.9 Å². The second-order valence-electron chi connectivity index (χ2n) is 7.36. The zero-order valence-electron chi connectivity index (χ0n) is 16.7. The molecule has 168 valence electrons. The first-order valence-electron chi connectivity index (χ1n) is 9.70. The van der Waals surface area contributed by atoms with Crippen molar-refractivity contribution in [3.05, 3.63) is 61.9 Å². The largest absolute Gasteiger partial charge is 0.477 e. The fourth-order valence-corrected chi connectivity index (χ4v) is 4.74. The highest BCUT2D eigenvalue weighted by atomic mass is 79.9. The van der Waals surface area contributed by atoms with Gasteiger partial charge in [0.2, 0.25) is 5.43 Å². The molecule has 0 bridgehead atoms. The Hall–Kier alpha value is -3.02. The summed E-state index contributed by atoms with van der Waals surface area (Å²) in [5.41, 5.74) is 4.69. The first-order chi connectivity index (χ1) is 15.2. The highest BCUT2D eigenvalue weighted by Gasteiger charge is 2.25. The van der Waals surface area contributed by atoms with Crippen LogP contribution < -0.4 is 21.4 Å². The van der Waals surface area contributed by atoms with E-state index in [0.717, 1.165) is 18.3 Å². The molecule has 1 fully saturated rings. The molecule has 0 spiro atoms. The third-order valence-corrected chi connectivity index (χ3v) is 6.20. The van der Waals surface area contributed by atoms with E-state index < -0.39 is 35.2 Å². The number of carboxylic acids is 1. The van der Waals surface area contributed by atoms with Gasteiger partial charge in [-0.2, -0.15) is 0 Å². The maximum absolute atomic E-state index is 15.2. The zero-order chi connectivity index (χ0) is 23.2. The lowest BCUT2D eigenvalue weighted by atomic mass is 10.1. The highest BCUT2D eigenvalue weighted by Crippen LogP contribution is 2.38. The topological polar surface area (TPSA) is 121 Å². The van der Waals surface area contributed by atoms with Crippen molar-refractivity contribution in [3.8, 4) is 5.69 Å². The normalized spacial score (nSPS) is 14.2. The lowest BCUT2D eigenvalue weighted by molar-refractivity contribution is 0.0695. The molecule has 1 aliphatic heterocycles. The number of nitrogens with one attached hydrogen (secondary N) is 1. The number of pyridine rings is 1. The van der Waals surface area contributed by atoms with Crippen molar-refractivity contribution in [3.63, 3.8) is 0 Å². The molecule has 1 saturated heterocycles. The van der Waals surface area contributed by atoms with Gasteiger partial charge in [0.1, 0.15) is 17.2 Å². The molecular formula is C21H19BrF2N4O4. The molecule has 1 aromatic heterocycles. The number of aromatic carboxylic acids is 1. The molecule has 0 saturated carbocycles. The number of benzene rings is 2. The number of nitrogens with zero attached hydrogens (tertiary/aromatic N) is 2. The highest BCUT2D eigenvalue weighted by molar-refractivity contribution is 9.10. The Labute approximate surface area is 189 Å². The Morgan fingerprint density at radius 3 is 2.50 bits per heavy atom. The van der Waals surface area contributed by atoms with Crippen LogP contribution in [0, 0.1) is 11.6 Å². The summed E-state index contributed by atoms with van der Waals surface area (Å²) in [4.78, 5) is 26.4. The number of hydrogen-bond donors (Lipinski definition) is 4. The molecule has 4 rings (SSSR count). The molecule has 0 aliphatic carbocycles. The number of carbonyl (C=O) groups is 1. The van der Waals surface area contributed by atoms with E-state index in [1.807, 2.05) is 0 Å². The summed E-state index contributed by atoms with van der Waals surface area (Å²) in [5, 5.41) is 22.3. The molecular weight excluding hydrogens is 490 g/mol. The van der Waals surface area contributed by atoms with E-state index in [1.54, 1.807) is 4.90 Å². The van der Waals surface area contributed by atoms with Gasteiger partial charge in [-0.3, -0.25) is 4.79 Å². The molecule has 0 amide bonds. The SMILES string of the molecule is Nc1cc(-n2cc(C(=O)O)c(=O)c3cc(F)c(N4CCNCC4)c(Br)c32)c(CO)cc1F. The van der Waals surface area contributed by atoms with E-state index in [1.165, 1.54) is 10.6 Å². The van der Waals surface area contributed by atoms with E-state index in [2.05, 4.69) is 21.2 Å². The van der Waals surface area contributed by atoms with Crippen LogP contribution in [0.5, 0.6) is 0 Å². The molecule has 5 N–H and O–H groups in total. The lowest BCUT2D eigenvalue weighted by Crippen LogP contribution is -2.44. The van der Waals surface area contributed by atoms with Gasteiger partial charge in [-0.1, -0.05) is 0 Å². The molecule has 0 atom stereocenters. The molecule has 0 unspecified atom stereocenters. The Bertz CT molecular complexity index is 1310.